The zero-order valence-electron chi connectivity index (χ0n) is 17.1. The summed E-state index contributed by atoms with van der Waals surface area (Å²) in [5.41, 5.74) is -0.649. The van der Waals surface area contributed by atoms with Crippen LogP contribution in [0.5, 0.6) is 5.75 Å². The summed E-state index contributed by atoms with van der Waals surface area (Å²) in [5.74, 6) is 0.324. The summed E-state index contributed by atoms with van der Waals surface area (Å²) in [6.07, 6.45) is 0.546. The summed E-state index contributed by atoms with van der Waals surface area (Å²) in [7, 11) is -3.62. The van der Waals surface area contributed by atoms with Crippen LogP contribution in [0.2, 0.25) is 0 Å². The summed E-state index contributed by atoms with van der Waals surface area (Å²) in [5, 5.41) is 0. The molecule has 0 aliphatic carbocycles. The van der Waals surface area contributed by atoms with Gasteiger partial charge in [0.15, 0.2) is 0 Å². The molecular weight excluding hydrogens is 507 g/mol. The van der Waals surface area contributed by atoms with Crippen molar-refractivity contribution >= 4 is 36.5 Å². The molecule has 0 fully saturated rings. The maximum absolute atomic E-state index is 12.4. The van der Waals surface area contributed by atoms with Gasteiger partial charge in [-0.2, -0.15) is 0 Å². The first-order valence-electron chi connectivity index (χ1n) is 9.28. The monoisotopic (exact) mass is 534 g/mol. The second-order valence-electron chi connectivity index (χ2n) is 7.24. The number of hydrogen-bond donors (Lipinski definition) is 0. The van der Waals surface area contributed by atoms with Gasteiger partial charge in [0.25, 0.3) is 0 Å². The van der Waals surface area contributed by atoms with E-state index >= 15 is 0 Å². The third-order valence-corrected chi connectivity index (χ3v) is 11.0. The van der Waals surface area contributed by atoms with Crippen LogP contribution in [0, 0.1) is 7.14 Å². The number of hydrogen-bond acceptors (Lipinski definition) is 6. The van der Waals surface area contributed by atoms with E-state index < -0.39 is 42.1 Å². The molecule has 2 aromatic carbocycles. The minimum absolute atomic E-state index is 0.00412. The summed E-state index contributed by atoms with van der Waals surface area (Å²) in [6.45, 7) is 7.20. The minimum atomic E-state index is -3.62. The number of unbranched alkanes of at least 4 members (excludes halogenated alkanes) is 1. The number of halogens is 1. The van der Waals surface area contributed by atoms with Gasteiger partial charge in [0.2, 0.25) is 0 Å². The molecule has 6 nitrogen and oxygen atoms in total. The van der Waals surface area contributed by atoms with Gasteiger partial charge in [-0.15, -0.1) is 0 Å². The first-order chi connectivity index (χ1) is 13.6. The molecule has 0 atom stereocenters. The van der Waals surface area contributed by atoms with E-state index in [9.17, 15) is 13.2 Å². The fourth-order valence-electron chi connectivity index (χ4n) is 2.16. The van der Waals surface area contributed by atoms with Crippen LogP contribution in [0.15, 0.2) is 54.6 Å². The van der Waals surface area contributed by atoms with Crippen molar-refractivity contribution in [2.45, 2.75) is 46.1 Å². The normalized spacial score (nSPS) is 12.3. The zero-order valence-corrected chi connectivity index (χ0v) is 20.0. The first-order valence-corrected chi connectivity index (χ1v) is 13.9. The Morgan fingerprint density at radius 2 is 1.55 bits per heavy atom. The molecule has 0 amide bonds. The molecule has 0 unspecified atom stereocenters. The molecule has 0 spiro atoms. The van der Waals surface area contributed by atoms with E-state index in [-0.39, 0.29) is 5.75 Å². The Hall–Kier alpha value is -1.65. The summed E-state index contributed by atoms with van der Waals surface area (Å²) < 4.78 is 42.5. The van der Waals surface area contributed by atoms with Crippen LogP contribution in [0.1, 0.15) is 40.5 Å². The fraction of sp³-hybridized carbons (Fsp3) is 0.381. The van der Waals surface area contributed by atoms with Crippen molar-refractivity contribution in [1.82, 2.24) is 0 Å². The molecule has 2 rings (SSSR count). The van der Waals surface area contributed by atoms with Crippen molar-refractivity contribution in [2.75, 3.05) is 5.75 Å². The van der Waals surface area contributed by atoms with Gasteiger partial charge in [-0.1, -0.05) is 0 Å². The number of ether oxygens (including phenoxy) is 2. The van der Waals surface area contributed by atoms with Crippen molar-refractivity contribution < 1.29 is 25.2 Å². The number of carbonyl (C=O) groups is 1. The van der Waals surface area contributed by atoms with E-state index in [0.717, 1.165) is 13.6 Å². The summed E-state index contributed by atoms with van der Waals surface area (Å²) in [6, 6.07) is 16.1. The molecule has 0 saturated heterocycles. The third kappa shape index (κ3) is 8.31. The Bertz CT molecular complexity index is 889. The van der Waals surface area contributed by atoms with E-state index in [1.54, 1.807) is 45.0 Å². The van der Waals surface area contributed by atoms with Crippen molar-refractivity contribution in [3.63, 3.8) is 0 Å². The van der Waals surface area contributed by atoms with Crippen molar-refractivity contribution in [1.29, 1.82) is 0 Å². The third-order valence-electron chi connectivity index (χ3n) is 3.44. The Morgan fingerprint density at radius 3 is 2.10 bits per heavy atom. The quantitative estimate of drug-likeness (QED) is 0.249. The van der Waals surface area contributed by atoms with E-state index in [0.29, 0.717) is 12.2 Å². The Labute approximate surface area is 180 Å². The predicted molar refractivity (Wildman–Crippen MR) is 121 cm³/mol. The van der Waals surface area contributed by atoms with E-state index in [1.807, 2.05) is 37.3 Å². The molecule has 0 saturated carbocycles. The molecule has 0 bridgehead atoms. The topological polar surface area (TPSA) is 78.9 Å². The molecule has 0 aliphatic rings. The maximum atomic E-state index is 12.4. The molecule has 0 heterocycles. The Kier molecular flexibility index (Phi) is 8.47. The van der Waals surface area contributed by atoms with Crippen LogP contribution in [0.4, 0.5) is 4.79 Å². The van der Waals surface area contributed by atoms with E-state index in [2.05, 4.69) is 0 Å². The molecule has 29 heavy (non-hydrogen) atoms. The average Bonchev–Trinajstić information content (AvgIpc) is 2.64. The standard InChI is InChI=1S/C21H27IO6S/c1-5-6-16-29(24,25)28-22(17-10-8-7-9-11-17)18-12-14-19(15-13-18)26-20(23)27-21(2,3)4/h7-15H,5-6,16H2,1-4H3. The number of carbonyl (C=O) groups excluding carboxylic acids is 1. The van der Waals surface area contributed by atoms with Gasteiger partial charge >= 0.3 is 181 Å². The molecular formula is C21H27IO6S. The van der Waals surface area contributed by atoms with Gasteiger partial charge in [0.1, 0.15) is 0 Å². The number of rotatable bonds is 8. The van der Waals surface area contributed by atoms with Crippen molar-refractivity contribution in [3.8, 4) is 5.75 Å². The van der Waals surface area contributed by atoms with Gasteiger partial charge in [0, 0.05) is 0 Å². The molecule has 0 aliphatic heterocycles. The number of benzene rings is 2. The molecule has 8 heteroatoms. The van der Waals surface area contributed by atoms with Gasteiger partial charge < -0.3 is 0 Å². The summed E-state index contributed by atoms with van der Waals surface area (Å²) in [4.78, 5) is 11.8. The van der Waals surface area contributed by atoms with Crippen molar-refractivity contribution in [2.24, 2.45) is 0 Å². The van der Waals surface area contributed by atoms with E-state index in [1.165, 1.54) is 0 Å². The Balaban J connectivity index is 2.22. The molecule has 0 N–H and O–H groups in total. The fourth-order valence-corrected chi connectivity index (χ4v) is 9.43. The predicted octanol–water partition coefficient (Wildman–Crippen LogP) is 5.61. The van der Waals surface area contributed by atoms with Crippen LogP contribution in [-0.2, 0) is 17.4 Å². The van der Waals surface area contributed by atoms with E-state index in [4.69, 9.17) is 12.0 Å². The Morgan fingerprint density at radius 1 is 0.966 bits per heavy atom. The van der Waals surface area contributed by atoms with Gasteiger partial charge in [-0.3, -0.25) is 0 Å². The molecule has 0 aromatic heterocycles. The zero-order chi connectivity index (χ0) is 21.5. The van der Waals surface area contributed by atoms with Crippen LogP contribution in [0.25, 0.3) is 0 Å². The average molecular weight is 534 g/mol. The van der Waals surface area contributed by atoms with Gasteiger partial charge in [0.05, 0.1) is 0 Å². The molecule has 160 valence electrons. The van der Waals surface area contributed by atoms with Crippen LogP contribution in [0.3, 0.4) is 0 Å². The second kappa shape index (κ2) is 10.4. The SMILES string of the molecule is CCCCS(=O)(=O)OI(c1ccccc1)c1ccc(OC(=O)OC(C)(C)C)cc1. The van der Waals surface area contributed by atoms with Gasteiger partial charge in [-0.25, -0.2) is 0 Å². The molecule has 0 radical (unpaired) electrons. The van der Waals surface area contributed by atoms with Crippen LogP contribution < -0.4 is 4.74 Å². The van der Waals surface area contributed by atoms with Gasteiger partial charge in [-0.05, 0) is 0 Å². The van der Waals surface area contributed by atoms with Crippen LogP contribution in [-0.4, -0.2) is 25.9 Å². The second-order valence-corrected chi connectivity index (χ2v) is 13.9. The first kappa shape index (κ1) is 23.6. The van der Waals surface area contributed by atoms with Crippen LogP contribution >= 0.6 is 20.2 Å². The summed E-state index contributed by atoms with van der Waals surface area (Å²) >= 11 is -2.68. The van der Waals surface area contributed by atoms with Crippen molar-refractivity contribution in [3.05, 3.63) is 61.7 Å². The molecule has 2 aromatic rings.